The van der Waals surface area contributed by atoms with Gasteiger partial charge in [0.1, 0.15) is 5.82 Å². The molecule has 0 aliphatic rings. The molecule has 1 heterocycles. The van der Waals surface area contributed by atoms with Gasteiger partial charge in [0.2, 0.25) is 0 Å². The summed E-state index contributed by atoms with van der Waals surface area (Å²) in [5, 5.41) is 0. The lowest BCUT2D eigenvalue weighted by molar-refractivity contribution is 0.613. The van der Waals surface area contributed by atoms with Gasteiger partial charge in [-0.25, -0.2) is 9.97 Å². The van der Waals surface area contributed by atoms with E-state index in [2.05, 4.69) is 30.7 Å². The molecule has 0 saturated heterocycles. The first-order valence-electron chi connectivity index (χ1n) is 5.63. The summed E-state index contributed by atoms with van der Waals surface area (Å²) >= 11 is 0. The predicted molar refractivity (Wildman–Crippen MR) is 62.6 cm³/mol. The van der Waals surface area contributed by atoms with Crippen LogP contribution >= 0.6 is 0 Å². The Morgan fingerprint density at radius 1 is 1.27 bits per heavy atom. The quantitative estimate of drug-likeness (QED) is 0.821. The second-order valence-corrected chi connectivity index (χ2v) is 4.31. The summed E-state index contributed by atoms with van der Waals surface area (Å²) < 4.78 is 0. The summed E-state index contributed by atoms with van der Waals surface area (Å²) in [4.78, 5) is 9.05. The van der Waals surface area contributed by atoms with E-state index >= 15 is 0 Å². The molecule has 0 fully saturated rings. The zero-order chi connectivity index (χ0) is 11.4. The van der Waals surface area contributed by atoms with E-state index in [-0.39, 0.29) is 0 Å². The summed E-state index contributed by atoms with van der Waals surface area (Å²) in [6.07, 6.45) is 1.89. The maximum Gasteiger partial charge on any atom is 0.129 e. The highest BCUT2D eigenvalue weighted by Crippen LogP contribution is 2.13. The molecule has 1 rings (SSSR count). The van der Waals surface area contributed by atoms with Crippen LogP contribution < -0.4 is 5.73 Å². The normalized spacial score (nSPS) is 11.1. The van der Waals surface area contributed by atoms with Crippen molar-refractivity contribution in [2.24, 2.45) is 11.7 Å². The van der Waals surface area contributed by atoms with E-state index in [1.165, 1.54) is 5.56 Å². The molecular formula is C12H21N3. The van der Waals surface area contributed by atoms with Crippen LogP contribution in [0.25, 0.3) is 0 Å². The van der Waals surface area contributed by atoms with Gasteiger partial charge in [-0.2, -0.15) is 0 Å². The van der Waals surface area contributed by atoms with Crippen LogP contribution in [0.3, 0.4) is 0 Å². The van der Waals surface area contributed by atoms with Crippen LogP contribution in [0.15, 0.2) is 0 Å². The second-order valence-electron chi connectivity index (χ2n) is 4.31. The Kier molecular flexibility index (Phi) is 4.21. The van der Waals surface area contributed by atoms with E-state index in [0.29, 0.717) is 12.5 Å². The Morgan fingerprint density at radius 3 is 2.40 bits per heavy atom. The summed E-state index contributed by atoms with van der Waals surface area (Å²) in [5.74, 6) is 1.52. The number of nitrogens with two attached hydrogens (primary N) is 1. The molecule has 0 atom stereocenters. The Hall–Kier alpha value is -0.960. The number of rotatable bonds is 4. The lowest BCUT2D eigenvalue weighted by Gasteiger charge is -2.11. The van der Waals surface area contributed by atoms with Gasteiger partial charge in [-0.3, -0.25) is 0 Å². The largest absolute Gasteiger partial charge is 0.325 e. The average Bonchev–Trinajstić information content (AvgIpc) is 2.15. The van der Waals surface area contributed by atoms with E-state index in [1.807, 2.05) is 6.92 Å². The van der Waals surface area contributed by atoms with Crippen molar-refractivity contribution in [3.8, 4) is 0 Å². The molecule has 0 saturated carbocycles. The van der Waals surface area contributed by atoms with Crippen molar-refractivity contribution in [2.45, 2.75) is 47.1 Å². The highest BCUT2D eigenvalue weighted by atomic mass is 14.9. The van der Waals surface area contributed by atoms with Crippen LogP contribution in [0, 0.1) is 12.8 Å². The van der Waals surface area contributed by atoms with Crippen LogP contribution in [0.2, 0.25) is 0 Å². The maximum absolute atomic E-state index is 5.70. The third-order valence-electron chi connectivity index (χ3n) is 2.48. The fraction of sp³-hybridized carbons (Fsp3) is 0.667. The minimum absolute atomic E-state index is 0.512. The fourth-order valence-corrected chi connectivity index (χ4v) is 1.80. The van der Waals surface area contributed by atoms with Crippen LogP contribution in [0.5, 0.6) is 0 Å². The SMILES string of the molecule is CCc1c(C)nc(CC(C)C)nc1CN. The van der Waals surface area contributed by atoms with Crippen molar-refractivity contribution in [1.29, 1.82) is 0 Å². The van der Waals surface area contributed by atoms with Gasteiger partial charge in [0.15, 0.2) is 0 Å². The molecule has 0 radical (unpaired) electrons. The number of hydrogen-bond acceptors (Lipinski definition) is 3. The first kappa shape index (κ1) is 12.1. The van der Waals surface area contributed by atoms with Gasteiger partial charge in [-0.05, 0) is 24.8 Å². The van der Waals surface area contributed by atoms with E-state index in [9.17, 15) is 0 Å². The summed E-state index contributed by atoms with van der Waals surface area (Å²) in [6.45, 7) is 9.02. The third kappa shape index (κ3) is 2.99. The van der Waals surface area contributed by atoms with Gasteiger partial charge in [0.25, 0.3) is 0 Å². The van der Waals surface area contributed by atoms with Crippen LogP contribution in [0.1, 0.15) is 43.5 Å². The summed E-state index contributed by atoms with van der Waals surface area (Å²) in [7, 11) is 0. The molecule has 1 aromatic rings. The van der Waals surface area contributed by atoms with Crippen LogP contribution in [-0.4, -0.2) is 9.97 Å². The predicted octanol–water partition coefficient (Wildman–Crippen LogP) is 2.00. The lowest BCUT2D eigenvalue weighted by atomic mass is 10.1. The summed E-state index contributed by atoms with van der Waals surface area (Å²) in [5.41, 5.74) is 9.02. The van der Waals surface area contributed by atoms with Crippen molar-refractivity contribution >= 4 is 0 Å². The van der Waals surface area contributed by atoms with E-state index in [1.54, 1.807) is 0 Å². The van der Waals surface area contributed by atoms with Crippen molar-refractivity contribution in [3.05, 3.63) is 22.8 Å². The molecule has 0 amide bonds. The van der Waals surface area contributed by atoms with E-state index < -0.39 is 0 Å². The molecule has 0 unspecified atom stereocenters. The minimum Gasteiger partial charge on any atom is -0.325 e. The Balaban J connectivity index is 3.08. The van der Waals surface area contributed by atoms with Crippen LogP contribution in [0.4, 0.5) is 0 Å². The Bertz CT molecular complexity index is 332. The monoisotopic (exact) mass is 207 g/mol. The molecule has 1 aromatic heterocycles. The molecule has 3 heteroatoms. The minimum atomic E-state index is 0.512. The molecular weight excluding hydrogens is 186 g/mol. The second kappa shape index (κ2) is 5.21. The van der Waals surface area contributed by atoms with Gasteiger partial charge in [-0.1, -0.05) is 20.8 Å². The first-order valence-corrected chi connectivity index (χ1v) is 5.63. The lowest BCUT2D eigenvalue weighted by Crippen LogP contribution is -2.12. The smallest absolute Gasteiger partial charge is 0.129 e. The molecule has 0 aliphatic heterocycles. The Morgan fingerprint density at radius 2 is 1.93 bits per heavy atom. The highest BCUT2D eigenvalue weighted by molar-refractivity contribution is 5.25. The van der Waals surface area contributed by atoms with Gasteiger partial charge in [0.05, 0.1) is 5.69 Å². The van der Waals surface area contributed by atoms with Gasteiger partial charge < -0.3 is 5.73 Å². The molecule has 0 spiro atoms. The first-order chi connectivity index (χ1) is 7.08. The van der Waals surface area contributed by atoms with Crippen molar-refractivity contribution < 1.29 is 0 Å². The molecule has 2 N–H and O–H groups in total. The number of aromatic nitrogens is 2. The molecule has 0 aliphatic carbocycles. The fourth-order valence-electron chi connectivity index (χ4n) is 1.80. The molecule has 84 valence electrons. The van der Waals surface area contributed by atoms with Gasteiger partial charge in [-0.15, -0.1) is 0 Å². The summed E-state index contributed by atoms with van der Waals surface area (Å²) in [6, 6.07) is 0. The number of nitrogens with zero attached hydrogens (tertiary/aromatic N) is 2. The molecule has 3 nitrogen and oxygen atoms in total. The zero-order valence-corrected chi connectivity index (χ0v) is 10.2. The molecule has 15 heavy (non-hydrogen) atoms. The number of hydrogen-bond donors (Lipinski definition) is 1. The standard InChI is InChI=1S/C12H21N3/c1-5-10-9(4)14-12(6-8(2)3)15-11(10)7-13/h8H,5-7,13H2,1-4H3. The Labute approximate surface area is 92.1 Å². The van der Waals surface area contributed by atoms with Gasteiger partial charge in [0, 0.05) is 18.7 Å². The maximum atomic E-state index is 5.70. The zero-order valence-electron chi connectivity index (χ0n) is 10.2. The molecule has 0 aromatic carbocycles. The van der Waals surface area contributed by atoms with E-state index in [4.69, 9.17) is 5.73 Å². The van der Waals surface area contributed by atoms with Crippen LogP contribution in [-0.2, 0) is 19.4 Å². The number of aryl methyl sites for hydroxylation is 1. The van der Waals surface area contributed by atoms with Crippen molar-refractivity contribution in [1.82, 2.24) is 9.97 Å². The third-order valence-corrected chi connectivity index (χ3v) is 2.48. The topological polar surface area (TPSA) is 51.8 Å². The van der Waals surface area contributed by atoms with E-state index in [0.717, 1.165) is 30.1 Å². The highest BCUT2D eigenvalue weighted by Gasteiger charge is 2.09. The van der Waals surface area contributed by atoms with Gasteiger partial charge >= 0.3 is 0 Å². The average molecular weight is 207 g/mol. The van der Waals surface area contributed by atoms with Crippen molar-refractivity contribution in [3.63, 3.8) is 0 Å². The van der Waals surface area contributed by atoms with Crippen molar-refractivity contribution in [2.75, 3.05) is 0 Å². The molecule has 0 bridgehead atoms.